The number of carbonyl (C=O) groups is 1. The number of piperidine rings is 1. The first-order valence-corrected chi connectivity index (χ1v) is 10.1. The van der Waals surface area contributed by atoms with Crippen LogP contribution in [0.3, 0.4) is 0 Å². The molecule has 5 rings (SSSR count). The van der Waals surface area contributed by atoms with E-state index < -0.39 is 0 Å². The maximum atomic E-state index is 13.4. The van der Waals surface area contributed by atoms with Crippen LogP contribution in [0, 0.1) is 5.82 Å². The Morgan fingerprint density at radius 2 is 2.21 bits per heavy atom. The van der Waals surface area contributed by atoms with Crippen LogP contribution in [0.15, 0.2) is 45.5 Å². The molecule has 4 aromatic rings. The number of benzene rings is 1. The fraction of sp³-hybridized carbons (Fsp3) is 0.250. The molecule has 8 heteroatoms. The highest BCUT2D eigenvalue weighted by molar-refractivity contribution is 7.08. The van der Waals surface area contributed by atoms with Gasteiger partial charge in [-0.25, -0.2) is 4.39 Å². The number of H-pyrrole nitrogens is 1. The molecule has 1 aliphatic heterocycles. The van der Waals surface area contributed by atoms with Gasteiger partial charge in [0, 0.05) is 34.9 Å². The Morgan fingerprint density at radius 3 is 3.07 bits per heavy atom. The van der Waals surface area contributed by atoms with Gasteiger partial charge >= 0.3 is 0 Å². The van der Waals surface area contributed by atoms with Gasteiger partial charge in [-0.15, -0.1) is 10.2 Å². The zero-order valence-corrected chi connectivity index (χ0v) is 15.7. The van der Waals surface area contributed by atoms with Crippen LogP contribution in [-0.4, -0.2) is 39.1 Å². The standard InChI is InChI=1S/C20H17FN4O2S/c21-15-3-4-16-14(8-15)9-17(22-16)20(26)25-6-1-2-12(10-25)18-23-24-19(27-18)13-5-7-28-11-13/h3-5,7-9,11-12,22H,1-2,6,10H2/t12-/m0/s1. The van der Waals surface area contributed by atoms with Gasteiger partial charge in [-0.05, 0) is 48.6 Å². The lowest BCUT2D eigenvalue weighted by molar-refractivity contribution is 0.0693. The zero-order chi connectivity index (χ0) is 19.1. The maximum absolute atomic E-state index is 13.4. The molecule has 0 bridgehead atoms. The first kappa shape index (κ1) is 17.1. The van der Waals surface area contributed by atoms with Crippen molar-refractivity contribution >= 4 is 28.1 Å². The van der Waals surface area contributed by atoms with Gasteiger partial charge in [0.15, 0.2) is 0 Å². The molecule has 3 aromatic heterocycles. The molecule has 0 radical (unpaired) electrons. The molecule has 0 saturated carbocycles. The van der Waals surface area contributed by atoms with E-state index in [-0.39, 0.29) is 17.6 Å². The first-order valence-electron chi connectivity index (χ1n) is 9.11. The highest BCUT2D eigenvalue weighted by atomic mass is 32.1. The summed E-state index contributed by atoms with van der Waals surface area (Å²) in [6.07, 6.45) is 1.76. The van der Waals surface area contributed by atoms with E-state index in [2.05, 4.69) is 15.2 Å². The number of aromatic nitrogens is 3. The summed E-state index contributed by atoms with van der Waals surface area (Å²) in [5, 5.41) is 13.0. The van der Waals surface area contributed by atoms with Crippen LogP contribution in [0.4, 0.5) is 4.39 Å². The van der Waals surface area contributed by atoms with Crippen LogP contribution in [0.5, 0.6) is 0 Å². The molecular weight excluding hydrogens is 379 g/mol. The molecule has 1 amide bonds. The minimum atomic E-state index is -0.318. The summed E-state index contributed by atoms with van der Waals surface area (Å²) in [7, 11) is 0. The van der Waals surface area contributed by atoms with Gasteiger partial charge in [0.05, 0.1) is 5.92 Å². The number of thiophene rings is 1. The van der Waals surface area contributed by atoms with E-state index in [1.54, 1.807) is 28.4 Å². The van der Waals surface area contributed by atoms with Crippen molar-refractivity contribution in [2.45, 2.75) is 18.8 Å². The fourth-order valence-electron chi connectivity index (χ4n) is 3.65. The smallest absolute Gasteiger partial charge is 0.270 e. The third kappa shape index (κ3) is 3.09. The maximum Gasteiger partial charge on any atom is 0.270 e. The predicted molar refractivity (Wildman–Crippen MR) is 104 cm³/mol. The number of aromatic amines is 1. The highest BCUT2D eigenvalue weighted by Crippen LogP contribution is 2.30. The quantitative estimate of drug-likeness (QED) is 0.556. The normalized spacial score (nSPS) is 17.3. The average molecular weight is 396 g/mol. The summed E-state index contributed by atoms with van der Waals surface area (Å²) in [5.41, 5.74) is 2.12. The lowest BCUT2D eigenvalue weighted by atomic mass is 9.98. The van der Waals surface area contributed by atoms with Gasteiger partial charge in [-0.3, -0.25) is 4.79 Å². The number of halogens is 1. The molecule has 28 heavy (non-hydrogen) atoms. The minimum Gasteiger partial charge on any atom is -0.420 e. The first-order chi connectivity index (χ1) is 13.7. The van der Waals surface area contributed by atoms with E-state index >= 15 is 0 Å². The van der Waals surface area contributed by atoms with E-state index in [1.165, 1.54) is 12.1 Å². The largest absolute Gasteiger partial charge is 0.420 e. The van der Waals surface area contributed by atoms with Crippen molar-refractivity contribution in [2.24, 2.45) is 0 Å². The molecule has 1 aromatic carbocycles. The lowest BCUT2D eigenvalue weighted by Crippen LogP contribution is -2.39. The molecule has 1 saturated heterocycles. The van der Waals surface area contributed by atoms with Crippen LogP contribution in [0.2, 0.25) is 0 Å². The molecule has 6 nitrogen and oxygen atoms in total. The van der Waals surface area contributed by atoms with Crippen LogP contribution in [0.25, 0.3) is 22.4 Å². The Hall–Kier alpha value is -3.00. The predicted octanol–water partition coefficient (Wildman–Crippen LogP) is 4.44. The van der Waals surface area contributed by atoms with Crippen LogP contribution in [0.1, 0.15) is 35.1 Å². The number of amides is 1. The van der Waals surface area contributed by atoms with Gasteiger partial charge in [0.2, 0.25) is 11.8 Å². The van der Waals surface area contributed by atoms with Crippen molar-refractivity contribution in [3.63, 3.8) is 0 Å². The van der Waals surface area contributed by atoms with E-state index in [0.29, 0.717) is 36.0 Å². The third-order valence-corrected chi connectivity index (χ3v) is 5.76. The Kier molecular flexibility index (Phi) is 4.20. The number of carbonyl (C=O) groups excluding carboxylic acids is 1. The number of hydrogen-bond acceptors (Lipinski definition) is 5. The van der Waals surface area contributed by atoms with Gasteiger partial charge in [0.25, 0.3) is 5.91 Å². The third-order valence-electron chi connectivity index (χ3n) is 5.08. The van der Waals surface area contributed by atoms with E-state index in [4.69, 9.17) is 4.42 Å². The summed E-state index contributed by atoms with van der Waals surface area (Å²) in [6, 6.07) is 8.09. The molecule has 1 N–H and O–H groups in total. The van der Waals surface area contributed by atoms with Crippen LogP contribution < -0.4 is 0 Å². The lowest BCUT2D eigenvalue weighted by Gasteiger charge is -2.30. The Bertz CT molecular complexity index is 1130. The summed E-state index contributed by atoms with van der Waals surface area (Å²) in [5.74, 6) is 0.675. The fourth-order valence-corrected chi connectivity index (χ4v) is 4.28. The van der Waals surface area contributed by atoms with E-state index in [0.717, 1.165) is 23.9 Å². The monoisotopic (exact) mass is 396 g/mol. The van der Waals surface area contributed by atoms with Crippen molar-refractivity contribution in [1.82, 2.24) is 20.1 Å². The summed E-state index contributed by atoms with van der Waals surface area (Å²) < 4.78 is 19.3. The van der Waals surface area contributed by atoms with Gasteiger partial charge in [-0.1, -0.05) is 0 Å². The van der Waals surface area contributed by atoms with Crippen molar-refractivity contribution in [3.05, 3.63) is 58.5 Å². The number of nitrogens with zero attached hydrogens (tertiary/aromatic N) is 3. The van der Waals surface area contributed by atoms with Gasteiger partial charge < -0.3 is 14.3 Å². The number of rotatable bonds is 3. The number of likely N-dealkylation sites (tertiary alicyclic amines) is 1. The summed E-state index contributed by atoms with van der Waals surface area (Å²) in [6.45, 7) is 1.19. The van der Waals surface area contributed by atoms with Gasteiger partial charge in [0.1, 0.15) is 11.5 Å². The number of nitrogens with one attached hydrogen (secondary N) is 1. The molecule has 0 spiro atoms. The number of hydrogen-bond donors (Lipinski definition) is 1. The molecule has 1 atom stereocenters. The van der Waals surface area contributed by atoms with Crippen LogP contribution in [-0.2, 0) is 0 Å². The highest BCUT2D eigenvalue weighted by Gasteiger charge is 2.29. The topological polar surface area (TPSA) is 75.0 Å². The Labute approximate surface area is 164 Å². The van der Waals surface area contributed by atoms with Crippen molar-refractivity contribution in [2.75, 3.05) is 13.1 Å². The molecular formula is C20H17FN4O2S. The minimum absolute atomic E-state index is 0.0133. The zero-order valence-electron chi connectivity index (χ0n) is 14.9. The summed E-state index contributed by atoms with van der Waals surface area (Å²) >= 11 is 1.58. The summed E-state index contributed by atoms with van der Waals surface area (Å²) in [4.78, 5) is 17.8. The van der Waals surface area contributed by atoms with Crippen LogP contribution >= 0.6 is 11.3 Å². The van der Waals surface area contributed by atoms with E-state index in [9.17, 15) is 9.18 Å². The molecule has 0 aliphatic carbocycles. The Balaban J connectivity index is 1.35. The Morgan fingerprint density at radius 1 is 1.29 bits per heavy atom. The van der Waals surface area contributed by atoms with E-state index in [1.807, 2.05) is 16.8 Å². The van der Waals surface area contributed by atoms with Crippen molar-refractivity contribution in [3.8, 4) is 11.5 Å². The molecule has 1 fully saturated rings. The van der Waals surface area contributed by atoms with Crippen molar-refractivity contribution in [1.29, 1.82) is 0 Å². The van der Waals surface area contributed by atoms with Crippen molar-refractivity contribution < 1.29 is 13.6 Å². The van der Waals surface area contributed by atoms with Gasteiger partial charge in [-0.2, -0.15) is 11.3 Å². The second-order valence-electron chi connectivity index (χ2n) is 6.96. The second kappa shape index (κ2) is 6.87. The molecule has 0 unspecified atom stereocenters. The molecule has 142 valence electrons. The molecule has 4 heterocycles. The number of fused-ring (bicyclic) bond motifs is 1. The molecule has 1 aliphatic rings. The average Bonchev–Trinajstić information content (AvgIpc) is 3.46. The second-order valence-corrected chi connectivity index (χ2v) is 7.74. The SMILES string of the molecule is O=C(c1cc2cc(F)ccc2[nH]1)N1CCC[C@H](c2nnc(-c3ccsc3)o2)C1.